The standard InChI is InChI=1S/C24H20Cl2F3N3O2/c1-15-4-2-6-18(12-15)31-23(34)32(19-7-3-5-16(13-19)24(27,28)29)11-10-30-22(33)20-9-8-17(25)14-21(20)26/h2-9,12-14H,10-11H2,1H3,(H,30,33)(H,31,34). The maximum Gasteiger partial charge on any atom is 0.416 e. The van der Waals surface area contributed by atoms with Crippen molar-refractivity contribution in [2.24, 2.45) is 0 Å². The van der Waals surface area contributed by atoms with Crippen LogP contribution >= 0.6 is 23.2 Å². The third-order valence-electron chi connectivity index (χ3n) is 4.80. The summed E-state index contributed by atoms with van der Waals surface area (Å²) in [4.78, 5) is 26.6. The molecule has 3 amide bonds. The van der Waals surface area contributed by atoms with E-state index in [9.17, 15) is 22.8 Å². The van der Waals surface area contributed by atoms with Gasteiger partial charge in [0, 0.05) is 29.5 Å². The molecule has 0 saturated carbocycles. The van der Waals surface area contributed by atoms with Gasteiger partial charge in [-0.05, 0) is 61.0 Å². The first-order chi connectivity index (χ1) is 16.0. The first kappa shape index (κ1) is 25.4. The fourth-order valence-corrected chi connectivity index (χ4v) is 3.66. The van der Waals surface area contributed by atoms with Crippen LogP contribution in [0.25, 0.3) is 0 Å². The van der Waals surface area contributed by atoms with Crippen molar-refractivity contribution in [1.82, 2.24) is 5.32 Å². The molecule has 0 aliphatic rings. The van der Waals surface area contributed by atoms with Crippen LogP contribution in [0.5, 0.6) is 0 Å². The van der Waals surface area contributed by atoms with Gasteiger partial charge in [0.15, 0.2) is 0 Å². The van der Waals surface area contributed by atoms with Crippen molar-refractivity contribution < 1.29 is 22.8 Å². The summed E-state index contributed by atoms with van der Waals surface area (Å²) in [5.74, 6) is -0.509. The number of nitrogens with zero attached hydrogens (tertiary/aromatic N) is 1. The third-order valence-corrected chi connectivity index (χ3v) is 5.34. The van der Waals surface area contributed by atoms with E-state index in [1.54, 1.807) is 18.2 Å². The SMILES string of the molecule is Cc1cccc(NC(=O)N(CCNC(=O)c2ccc(Cl)cc2Cl)c2cccc(C(F)(F)F)c2)c1. The third kappa shape index (κ3) is 6.65. The number of amides is 3. The molecular formula is C24H20Cl2F3N3O2. The number of aryl methyl sites for hydroxylation is 1. The van der Waals surface area contributed by atoms with Crippen molar-refractivity contribution in [2.45, 2.75) is 13.1 Å². The topological polar surface area (TPSA) is 61.4 Å². The van der Waals surface area contributed by atoms with Crippen LogP contribution in [0.3, 0.4) is 0 Å². The highest BCUT2D eigenvalue weighted by Gasteiger charge is 2.31. The number of hydrogen-bond donors (Lipinski definition) is 2. The predicted molar refractivity (Wildman–Crippen MR) is 128 cm³/mol. The number of nitrogens with one attached hydrogen (secondary N) is 2. The molecule has 10 heteroatoms. The summed E-state index contributed by atoms with van der Waals surface area (Å²) in [6.45, 7) is 1.70. The zero-order valence-electron chi connectivity index (χ0n) is 17.9. The Labute approximate surface area is 204 Å². The molecule has 0 aliphatic carbocycles. The van der Waals surface area contributed by atoms with E-state index >= 15 is 0 Å². The highest BCUT2D eigenvalue weighted by molar-refractivity contribution is 6.36. The molecule has 0 bridgehead atoms. The van der Waals surface area contributed by atoms with Crippen molar-refractivity contribution in [3.05, 3.63) is 93.5 Å². The second-order valence-electron chi connectivity index (χ2n) is 7.38. The average Bonchev–Trinajstić information content (AvgIpc) is 2.76. The van der Waals surface area contributed by atoms with E-state index in [4.69, 9.17) is 23.2 Å². The van der Waals surface area contributed by atoms with E-state index in [2.05, 4.69) is 10.6 Å². The Morgan fingerprint density at radius 1 is 0.971 bits per heavy atom. The summed E-state index contributed by atoms with van der Waals surface area (Å²) in [6, 6.07) is 15.1. The van der Waals surface area contributed by atoms with Crippen molar-refractivity contribution >= 4 is 46.5 Å². The molecule has 5 nitrogen and oxygen atoms in total. The Kier molecular flexibility index (Phi) is 8.06. The smallest absolute Gasteiger partial charge is 0.350 e. The largest absolute Gasteiger partial charge is 0.416 e. The molecular weight excluding hydrogens is 490 g/mol. The molecule has 2 N–H and O–H groups in total. The number of benzene rings is 3. The zero-order valence-corrected chi connectivity index (χ0v) is 19.4. The molecule has 0 atom stereocenters. The Morgan fingerprint density at radius 2 is 1.71 bits per heavy atom. The maximum atomic E-state index is 13.2. The minimum atomic E-state index is -4.58. The van der Waals surface area contributed by atoms with Crippen LogP contribution in [0.1, 0.15) is 21.5 Å². The van der Waals surface area contributed by atoms with Gasteiger partial charge in [-0.2, -0.15) is 13.2 Å². The highest BCUT2D eigenvalue weighted by Crippen LogP contribution is 2.32. The van der Waals surface area contributed by atoms with Crippen molar-refractivity contribution in [3.8, 4) is 0 Å². The summed E-state index contributed by atoms with van der Waals surface area (Å²) in [5, 5.41) is 5.82. The maximum absolute atomic E-state index is 13.2. The van der Waals surface area contributed by atoms with Crippen LogP contribution in [0.2, 0.25) is 10.0 Å². The number of rotatable bonds is 6. The van der Waals surface area contributed by atoms with E-state index in [0.717, 1.165) is 22.6 Å². The van der Waals surface area contributed by atoms with Gasteiger partial charge in [-0.1, -0.05) is 41.4 Å². The quantitative estimate of drug-likeness (QED) is 0.384. The van der Waals surface area contributed by atoms with Crippen LogP contribution in [-0.4, -0.2) is 25.0 Å². The summed E-state index contributed by atoms with van der Waals surface area (Å²) < 4.78 is 39.7. The minimum Gasteiger partial charge on any atom is -0.350 e. The molecule has 0 radical (unpaired) electrons. The van der Waals surface area contributed by atoms with Crippen LogP contribution in [0.4, 0.5) is 29.3 Å². The molecule has 0 heterocycles. The highest BCUT2D eigenvalue weighted by atomic mass is 35.5. The van der Waals surface area contributed by atoms with Gasteiger partial charge < -0.3 is 10.6 Å². The minimum absolute atomic E-state index is 0.0266. The van der Waals surface area contributed by atoms with Crippen molar-refractivity contribution in [1.29, 1.82) is 0 Å². The van der Waals surface area contributed by atoms with Crippen LogP contribution in [-0.2, 0) is 6.18 Å². The van der Waals surface area contributed by atoms with Gasteiger partial charge in [0.1, 0.15) is 0 Å². The second-order valence-corrected chi connectivity index (χ2v) is 8.22. The van der Waals surface area contributed by atoms with E-state index in [-0.39, 0.29) is 29.4 Å². The van der Waals surface area contributed by atoms with E-state index in [1.165, 1.54) is 30.3 Å². The molecule has 3 aromatic rings. The molecule has 178 valence electrons. The fraction of sp³-hybridized carbons (Fsp3) is 0.167. The first-order valence-electron chi connectivity index (χ1n) is 10.1. The lowest BCUT2D eigenvalue weighted by Gasteiger charge is -2.24. The second kappa shape index (κ2) is 10.8. The van der Waals surface area contributed by atoms with Crippen molar-refractivity contribution in [2.75, 3.05) is 23.3 Å². The lowest BCUT2D eigenvalue weighted by Crippen LogP contribution is -2.41. The van der Waals surface area contributed by atoms with Gasteiger partial charge in [0.25, 0.3) is 5.91 Å². The van der Waals surface area contributed by atoms with Crippen LogP contribution < -0.4 is 15.5 Å². The molecule has 0 aromatic heterocycles. The van der Waals surface area contributed by atoms with E-state index < -0.39 is 23.7 Å². The number of hydrogen-bond acceptors (Lipinski definition) is 2. The normalized spacial score (nSPS) is 11.1. The van der Waals surface area contributed by atoms with Gasteiger partial charge in [0.2, 0.25) is 0 Å². The number of halogens is 5. The van der Waals surface area contributed by atoms with E-state index in [1.807, 2.05) is 13.0 Å². The number of anilines is 2. The van der Waals surface area contributed by atoms with Crippen molar-refractivity contribution in [3.63, 3.8) is 0 Å². The molecule has 3 aromatic carbocycles. The molecule has 34 heavy (non-hydrogen) atoms. The number of alkyl halides is 3. The monoisotopic (exact) mass is 509 g/mol. The molecule has 0 spiro atoms. The van der Waals surface area contributed by atoms with Gasteiger partial charge in [-0.3, -0.25) is 9.69 Å². The molecule has 0 unspecified atom stereocenters. The van der Waals surface area contributed by atoms with E-state index in [0.29, 0.717) is 10.7 Å². The van der Waals surface area contributed by atoms with Gasteiger partial charge >= 0.3 is 12.2 Å². The fourth-order valence-electron chi connectivity index (χ4n) is 3.16. The van der Waals surface area contributed by atoms with Gasteiger partial charge in [-0.25, -0.2) is 4.79 Å². The Balaban J connectivity index is 1.80. The molecule has 0 saturated heterocycles. The van der Waals surface area contributed by atoms with Crippen LogP contribution in [0, 0.1) is 6.92 Å². The van der Waals surface area contributed by atoms with Gasteiger partial charge in [0.05, 0.1) is 16.1 Å². The Bertz CT molecular complexity index is 1200. The lowest BCUT2D eigenvalue weighted by molar-refractivity contribution is -0.137. The summed E-state index contributed by atoms with van der Waals surface area (Å²) in [6.07, 6.45) is -4.58. The number of carbonyl (C=O) groups excluding carboxylic acids is 2. The summed E-state index contributed by atoms with van der Waals surface area (Å²) in [5.41, 5.74) is 0.699. The number of urea groups is 1. The predicted octanol–water partition coefficient (Wildman–Crippen LogP) is 6.79. The summed E-state index contributed by atoms with van der Waals surface area (Å²) in [7, 11) is 0. The Morgan fingerprint density at radius 3 is 2.38 bits per heavy atom. The molecule has 0 fully saturated rings. The number of carbonyl (C=O) groups is 2. The average molecular weight is 510 g/mol. The molecule has 3 rings (SSSR count). The lowest BCUT2D eigenvalue weighted by atomic mass is 10.1. The molecule has 0 aliphatic heterocycles. The zero-order chi connectivity index (χ0) is 24.9. The van der Waals surface area contributed by atoms with Gasteiger partial charge in [-0.15, -0.1) is 0 Å². The summed E-state index contributed by atoms with van der Waals surface area (Å²) >= 11 is 11.9. The Hall–Kier alpha value is -3.23. The van der Waals surface area contributed by atoms with Crippen LogP contribution in [0.15, 0.2) is 66.7 Å². The first-order valence-corrected chi connectivity index (χ1v) is 10.9.